The van der Waals surface area contributed by atoms with E-state index in [2.05, 4.69) is 15.6 Å². The number of amides is 2. The Morgan fingerprint density at radius 1 is 1.19 bits per heavy atom. The zero-order valence-corrected chi connectivity index (χ0v) is 15.9. The molecule has 0 radical (unpaired) electrons. The number of aromatic nitrogens is 3. The smallest absolute Gasteiger partial charge is 0.254 e. The molecule has 0 aliphatic carbocycles. The van der Waals surface area contributed by atoms with Gasteiger partial charge in [0.15, 0.2) is 0 Å². The minimum absolute atomic E-state index is 0.0356. The molecule has 0 spiro atoms. The van der Waals surface area contributed by atoms with Gasteiger partial charge in [-0.3, -0.25) is 9.59 Å². The van der Waals surface area contributed by atoms with Crippen molar-refractivity contribution in [2.45, 2.75) is 20.0 Å². The van der Waals surface area contributed by atoms with Gasteiger partial charge in [-0.1, -0.05) is 28.9 Å². The van der Waals surface area contributed by atoms with Gasteiger partial charge < -0.3 is 10.2 Å². The summed E-state index contributed by atoms with van der Waals surface area (Å²) >= 11 is 5.84. The normalized spacial score (nSPS) is 10.8. The summed E-state index contributed by atoms with van der Waals surface area (Å²) in [5.74, 6) is -0.483. The number of benzene rings is 2. The SMILES string of the molecule is CCn1nnc2cc(C(=O)N(C)CC(=O)NCc3ccc(Cl)cc3)ccc21. The third-order valence-electron chi connectivity index (χ3n) is 4.19. The molecule has 0 unspecified atom stereocenters. The largest absolute Gasteiger partial charge is 0.350 e. The first-order chi connectivity index (χ1) is 13.0. The van der Waals surface area contributed by atoms with Crippen LogP contribution in [0.4, 0.5) is 0 Å². The second-order valence-corrected chi connectivity index (χ2v) is 6.61. The molecule has 0 saturated carbocycles. The first-order valence-corrected chi connectivity index (χ1v) is 8.95. The molecular formula is C19H20ClN5O2. The van der Waals surface area contributed by atoms with E-state index in [0.29, 0.717) is 29.2 Å². The van der Waals surface area contributed by atoms with E-state index in [-0.39, 0.29) is 18.4 Å². The van der Waals surface area contributed by atoms with Crippen LogP contribution in [0, 0.1) is 0 Å². The molecule has 3 aromatic rings. The lowest BCUT2D eigenvalue weighted by atomic mass is 10.1. The molecule has 1 aromatic heterocycles. The number of nitrogens with zero attached hydrogens (tertiary/aromatic N) is 4. The molecule has 3 rings (SSSR count). The first-order valence-electron chi connectivity index (χ1n) is 8.57. The number of halogens is 1. The number of hydrogen-bond acceptors (Lipinski definition) is 4. The summed E-state index contributed by atoms with van der Waals surface area (Å²) in [7, 11) is 1.59. The van der Waals surface area contributed by atoms with Gasteiger partial charge >= 0.3 is 0 Å². The standard InChI is InChI=1S/C19H20ClN5O2/c1-3-25-17-9-6-14(10-16(17)22-23-25)19(27)24(2)12-18(26)21-11-13-4-7-15(20)8-5-13/h4-10H,3,11-12H2,1-2H3,(H,21,26). The Hall–Kier alpha value is -2.93. The van der Waals surface area contributed by atoms with Crippen molar-refractivity contribution in [1.29, 1.82) is 0 Å². The van der Waals surface area contributed by atoms with Crippen molar-refractivity contribution in [3.05, 3.63) is 58.6 Å². The monoisotopic (exact) mass is 385 g/mol. The Balaban J connectivity index is 1.59. The Bertz CT molecular complexity index is 968. The minimum atomic E-state index is -0.246. The van der Waals surface area contributed by atoms with E-state index in [0.717, 1.165) is 11.1 Å². The molecule has 140 valence electrons. The van der Waals surface area contributed by atoms with Gasteiger partial charge in [-0.15, -0.1) is 5.10 Å². The molecule has 0 fully saturated rings. The zero-order valence-electron chi connectivity index (χ0n) is 15.1. The third kappa shape index (κ3) is 4.43. The number of nitrogens with one attached hydrogen (secondary N) is 1. The summed E-state index contributed by atoms with van der Waals surface area (Å²) in [6.07, 6.45) is 0. The summed E-state index contributed by atoms with van der Waals surface area (Å²) in [5.41, 5.74) is 2.94. The van der Waals surface area contributed by atoms with Gasteiger partial charge in [0, 0.05) is 30.7 Å². The Morgan fingerprint density at radius 2 is 1.93 bits per heavy atom. The minimum Gasteiger partial charge on any atom is -0.350 e. The molecule has 7 nitrogen and oxygen atoms in total. The molecule has 0 aliphatic heterocycles. The number of aryl methyl sites for hydroxylation is 1. The van der Waals surface area contributed by atoms with Crippen LogP contribution in [0.3, 0.4) is 0 Å². The molecule has 1 N–H and O–H groups in total. The van der Waals surface area contributed by atoms with Crippen molar-refractivity contribution >= 4 is 34.4 Å². The van der Waals surface area contributed by atoms with Crippen LogP contribution >= 0.6 is 11.6 Å². The fourth-order valence-corrected chi connectivity index (χ4v) is 2.83. The van der Waals surface area contributed by atoms with Crippen LogP contribution in [0.5, 0.6) is 0 Å². The number of likely N-dealkylation sites (N-methyl/N-ethyl adjacent to an activating group) is 1. The lowest BCUT2D eigenvalue weighted by Crippen LogP contribution is -2.38. The number of rotatable bonds is 6. The predicted octanol–water partition coefficient (Wildman–Crippen LogP) is 2.49. The average molecular weight is 386 g/mol. The fraction of sp³-hybridized carbons (Fsp3) is 0.263. The fourth-order valence-electron chi connectivity index (χ4n) is 2.71. The van der Waals surface area contributed by atoms with Crippen molar-refractivity contribution in [2.75, 3.05) is 13.6 Å². The van der Waals surface area contributed by atoms with Gasteiger partial charge in [0.25, 0.3) is 5.91 Å². The van der Waals surface area contributed by atoms with Crippen LogP contribution in [-0.4, -0.2) is 45.3 Å². The van der Waals surface area contributed by atoms with E-state index in [1.165, 1.54) is 4.90 Å². The summed E-state index contributed by atoms with van der Waals surface area (Å²) in [5, 5.41) is 11.6. The van der Waals surface area contributed by atoms with Crippen LogP contribution in [0.1, 0.15) is 22.8 Å². The summed E-state index contributed by atoms with van der Waals surface area (Å²) in [4.78, 5) is 26.1. The maximum Gasteiger partial charge on any atom is 0.254 e. The van der Waals surface area contributed by atoms with E-state index < -0.39 is 0 Å². The van der Waals surface area contributed by atoms with E-state index in [9.17, 15) is 9.59 Å². The van der Waals surface area contributed by atoms with Gasteiger partial charge in [0.2, 0.25) is 5.91 Å². The molecular weight excluding hydrogens is 366 g/mol. The Morgan fingerprint density at radius 3 is 2.63 bits per heavy atom. The van der Waals surface area contributed by atoms with Gasteiger partial charge in [0.1, 0.15) is 5.52 Å². The number of carbonyl (C=O) groups is 2. The molecule has 0 aliphatic rings. The first kappa shape index (κ1) is 18.8. The second kappa shape index (κ2) is 8.18. The highest BCUT2D eigenvalue weighted by molar-refractivity contribution is 6.30. The topological polar surface area (TPSA) is 80.1 Å². The Labute approximate surface area is 161 Å². The van der Waals surface area contributed by atoms with Crippen LogP contribution in [0.15, 0.2) is 42.5 Å². The molecule has 2 aromatic carbocycles. The van der Waals surface area contributed by atoms with E-state index in [4.69, 9.17) is 11.6 Å². The second-order valence-electron chi connectivity index (χ2n) is 6.17. The Kier molecular flexibility index (Phi) is 5.71. The number of carbonyl (C=O) groups excluding carboxylic acids is 2. The quantitative estimate of drug-likeness (QED) is 0.707. The van der Waals surface area contributed by atoms with Crippen LogP contribution in [0.2, 0.25) is 5.02 Å². The van der Waals surface area contributed by atoms with Gasteiger partial charge in [-0.05, 0) is 42.8 Å². The molecule has 0 saturated heterocycles. The average Bonchev–Trinajstić information content (AvgIpc) is 3.09. The molecule has 2 amide bonds. The molecule has 1 heterocycles. The van der Waals surface area contributed by atoms with E-state index >= 15 is 0 Å². The van der Waals surface area contributed by atoms with Gasteiger partial charge in [-0.2, -0.15) is 0 Å². The van der Waals surface area contributed by atoms with Crippen molar-refractivity contribution in [3.63, 3.8) is 0 Å². The molecule has 27 heavy (non-hydrogen) atoms. The van der Waals surface area contributed by atoms with Crippen molar-refractivity contribution in [2.24, 2.45) is 0 Å². The zero-order chi connectivity index (χ0) is 19.4. The highest BCUT2D eigenvalue weighted by atomic mass is 35.5. The molecule has 0 bridgehead atoms. The maximum atomic E-state index is 12.6. The number of hydrogen-bond donors (Lipinski definition) is 1. The van der Waals surface area contributed by atoms with Crippen molar-refractivity contribution in [3.8, 4) is 0 Å². The third-order valence-corrected chi connectivity index (χ3v) is 4.44. The summed E-state index contributed by atoms with van der Waals surface area (Å²) in [6.45, 7) is 3.03. The summed E-state index contributed by atoms with van der Waals surface area (Å²) < 4.78 is 1.76. The van der Waals surface area contributed by atoms with Gasteiger partial charge in [-0.25, -0.2) is 4.68 Å². The van der Waals surface area contributed by atoms with Gasteiger partial charge in [0.05, 0.1) is 12.1 Å². The lowest BCUT2D eigenvalue weighted by Gasteiger charge is -2.17. The summed E-state index contributed by atoms with van der Waals surface area (Å²) in [6, 6.07) is 12.5. The lowest BCUT2D eigenvalue weighted by molar-refractivity contribution is -0.121. The highest BCUT2D eigenvalue weighted by Crippen LogP contribution is 2.15. The van der Waals surface area contributed by atoms with E-state index in [1.54, 1.807) is 36.0 Å². The maximum absolute atomic E-state index is 12.6. The van der Waals surface area contributed by atoms with Crippen LogP contribution in [0.25, 0.3) is 11.0 Å². The van der Waals surface area contributed by atoms with E-state index in [1.807, 2.05) is 25.1 Å². The molecule has 8 heteroatoms. The van der Waals surface area contributed by atoms with Crippen LogP contribution in [-0.2, 0) is 17.9 Å². The predicted molar refractivity (Wildman–Crippen MR) is 103 cm³/mol. The highest BCUT2D eigenvalue weighted by Gasteiger charge is 2.16. The number of fused-ring (bicyclic) bond motifs is 1. The van der Waals surface area contributed by atoms with Crippen molar-refractivity contribution < 1.29 is 9.59 Å². The van der Waals surface area contributed by atoms with Crippen LogP contribution < -0.4 is 5.32 Å². The molecule has 0 atom stereocenters. The van der Waals surface area contributed by atoms with Crippen molar-refractivity contribution in [1.82, 2.24) is 25.2 Å².